The first kappa shape index (κ1) is 13.0. The van der Waals surface area contributed by atoms with Gasteiger partial charge in [-0.25, -0.2) is 0 Å². The van der Waals surface area contributed by atoms with Crippen LogP contribution in [0.1, 0.15) is 25.1 Å². The van der Waals surface area contributed by atoms with E-state index in [2.05, 4.69) is 15.9 Å². The predicted octanol–water partition coefficient (Wildman–Crippen LogP) is 4.21. The zero-order chi connectivity index (χ0) is 11.6. The molecule has 1 aromatic rings. The number of halogens is 2. The number of thiophene rings is 1. The molecule has 0 fully saturated rings. The Bertz CT molecular complexity index is 354. The minimum Gasteiger partial charge on any atom is -0.481 e. The molecule has 5 heteroatoms. The van der Waals surface area contributed by atoms with Gasteiger partial charge in [-0.3, -0.25) is 4.79 Å². The minimum absolute atomic E-state index is 0.617. The van der Waals surface area contributed by atoms with Crippen molar-refractivity contribution in [1.29, 1.82) is 0 Å². The van der Waals surface area contributed by atoms with E-state index < -0.39 is 11.4 Å². The quantitative estimate of drug-likeness (QED) is 0.904. The number of carboxylic acid groups (broad SMARTS) is 1. The summed E-state index contributed by atoms with van der Waals surface area (Å²) in [5.74, 6) is -0.760. The van der Waals surface area contributed by atoms with E-state index >= 15 is 0 Å². The molecule has 1 aromatic heterocycles. The van der Waals surface area contributed by atoms with Crippen LogP contribution in [0, 0.1) is 5.41 Å². The molecule has 2 nitrogen and oxygen atoms in total. The number of hydrogen-bond donors (Lipinski definition) is 1. The molecule has 1 rings (SSSR count). The van der Waals surface area contributed by atoms with Crippen molar-refractivity contribution in [2.24, 2.45) is 5.41 Å². The minimum atomic E-state index is -0.760. The molecular weight excluding hydrogens is 300 g/mol. The number of hydrogen-bond acceptors (Lipinski definition) is 2. The molecular formula is C10H12BrClO2S. The summed E-state index contributed by atoms with van der Waals surface area (Å²) in [6.07, 6.45) is 1.36. The van der Waals surface area contributed by atoms with E-state index in [4.69, 9.17) is 16.7 Å². The number of carboxylic acids is 1. The van der Waals surface area contributed by atoms with Gasteiger partial charge in [-0.1, -0.05) is 11.6 Å². The Morgan fingerprint density at radius 2 is 2.27 bits per heavy atom. The highest BCUT2D eigenvalue weighted by Crippen LogP contribution is 2.34. The molecule has 15 heavy (non-hydrogen) atoms. The van der Waals surface area contributed by atoms with Crippen LogP contribution in [0.4, 0.5) is 0 Å². The van der Waals surface area contributed by atoms with Crippen molar-refractivity contribution in [3.8, 4) is 0 Å². The van der Waals surface area contributed by atoms with Gasteiger partial charge in [-0.15, -0.1) is 11.3 Å². The molecule has 0 saturated heterocycles. The van der Waals surface area contributed by atoms with Crippen LogP contribution in [0.3, 0.4) is 0 Å². The third-order valence-electron chi connectivity index (χ3n) is 2.27. The fourth-order valence-corrected chi connectivity index (χ4v) is 2.85. The molecule has 84 valence electrons. The van der Waals surface area contributed by atoms with Crippen LogP contribution in [0.5, 0.6) is 0 Å². The summed E-state index contributed by atoms with van der Waals surface area (Å²) in [5, 5.41) is 8.95. The van der Waals surface area contributed by atoms with E-state index in [0.717, 1.165) is 20.1 Å². The predicted molar refractivity (Wildman–Crippen MR) is 66.8 cm³/mol. The summed E-state index contributed by atoms with van der Waals surface area (Å²) in [4.78, 5) is 12.0. The molecule has 0 saturated carbocycles. The second-order valence-corrected chi connectivity index (χ2v) is 6.62. The van der Waals surface area contributed by atoms with Gasteiger partial charge in [0.05, 0.1) is 5.41 Å². The maximum Gasteiger partial charge on any atom is 0.309 e. The van der Waals surface area contributed by atoms with E-state index in [1.165, 1.54) is 11.3 Å². The average molecular weight is 312 g/mol. The SMILES string of the molecule is CC(C)(CCc1cc(Br)c(Cl)s1)C(=O)O. The summed E-state index contributed by atoms with van der Waals surface area (Å²) in [6.45, 7) is 3.47. The van der Waals surface area contributed by atoms with Crippen molar-refractivity contribution in [1.82, 2.24) is 0 Å². The van der Waals surface area contributed by atoms with Gasteiger partial charge >= 0.3 is 5.97 Å². The van der Waals surface area contributed by atoms with Crippen molar-refractivity contribution in [2.45, 2.75) is 26.7 Å². The Kier molecular flexibility index (Phi) is 4.20. The van der Waals surface area contributed by atoms with Crippen molar-refractivity contribution in [3.63, 3.8) is 0 Å². The molecule has 1 N–H and O–H groups in total. The summed E-state index contributed by atoms with van der Waals surface area (Å²) in [6, 6.07) is 1.95. The molecule has 0 radical (unpaired) electrons. The third kappa shape index (κ3) is 3.47. The molecule has 0 aliphatic carbocycles. The van der Waals surface area contributed by atoms with Crippen molar-refractivity contribution in [2.75, 3.05) is 0 Å². The van der Waals surface area contributed by atoms with Crippen LogP contribution in [0.2, 0.25) is 4.34 Å². The third-order valence-corrected chi connectivity index (χ3v) is 4.81. The fraction of sp³-hybridized carbons (Fsp3) is 0.500. The summed E-state index contributed by atoms with van der Waals surface area (Å²) in [7, 11) is 0. The van der Waals surface area contributed by atoms with Gasteiger partial charge in [0, 0.05) is 9.35 Å². The topological polar surface area (TPSA) is 37.3 Å². The monoisotopic (exact) mass is 310 g/mol. The summed E-state index contributed by atoms with van der Waals surface area (Å²) < 4.78 is 1.61. The highest BCUT2D eigenvalue weighted by Gasteiger charge is 2.26. The van der Waals surface area contributed by atoms with Gasteiger partial charge in [0.15, 0.2) is 0 Å². The standard InChI is InChI=1S/C10H12BrClO2S/c1-10(2,9(13)14)4-3-6-5-7(11)8(12)15-6/h5H,3-4H2,1-2H3,(H,13,14). The van der Waals surface area contributed by atoms with Crippen molar-refractivity contribution >= 4 is 44.8 Å². The molecule has 0 spiro atoms. The fourth-order valence-electron chi connectivity index (χ4n) is 1.06. The maximum atomic E-state index is 10.9. The van der Waals surface area contributed by atoms with Gasteiger partial charge in [0.2, 0.25) is 0 Å². The van der Waals surface area contributed by atoms with Gasteiger partial charge in [0.25, 0.3) is 0 Å². The van der Waals surface area contributed by atoms with Crippen molar-refractivity contribution < 1.29 is 9.90 Å². The number of aryl methyl sites for hydroxylation is 1. The highest BCUT2D eigenvalue weighted by molar-refractivity contribution is 9.10. The molecule has 0 aliphatic rings. The van der Waals surface area contributed by atoms with E-state index in [0.29, 0.717) is 6.42 Å². The summed E-state index contributed by atoms with van der Waals surface area (Å²) >= 11 is 10.7. The molecule has 0 unspecified atom stereocenters. The zero-order valence-electron chi connectivity index (χ0n) is 8.51. The molecule has 0 atom stereocenters. The first-order chi connectivity index (χ1) is 6.83. The molecule has 1 heterocycles. The van der Waals surface area contributed by atoms with Gasteiger partial charge in [0.1, 0.15) is 4.34 Å². The van der Waals surface area contributed by atoms with E-state index in [1.807, 2.05) is 6.07 Å². The van der Waals surface area contributed by atoms with E-state index in [9.17, 15) is 4.79 Å². The second kappa shape index (κ2) is 4.85. The van der Waals surface area contributed by atoms with E-state index in [-0.39, 0.29) is 0 Å². The number of carbonyl (C=O) groups is 1. The van der Waals surface area contributed by atoms with Crippen LogP contribution in [0.15, 0.2) is 10.5 Å². The zero-order valence-corrected chi connectivity index (χ0v) is 11.7. The smallest absolute Gasteiger partial charge is 0.309 e. The Morgan fingerprint density at radius 3 is 2.67 bits per heavy atom. The lowest BCUT2D eigenvalue weighted by Crippen LogP contribution is -2.23. The van der Waals surface area contributed by atoms with Gasteiger partial charge in [-0.05, 0) is 48.7 Å². The average Bonchev–Trinajstić information content (AvgIpc) is 2.43. The van der Waals surface area contributed by atoms with Crippen LogP contribution in [-0.4, -0.2) is 11.1 Å². The maximum absolute atomic E-state index is 10.9. The number of aliphatic carboxylic acids is 1. The lowest BCUT2D eigenvalue weighted by Gasteiger charge is -2.17. The Labute approximate surface area is 106 Å². The largest absolute Gasteiger partial charge is 0.481 e. The Balaban J connectivity index is 2.61. The van der Waals surface area contributed by atoms with Crippen LogP contribution in [-0.2, 0) is 11.2 Å². The van der Waals surface area contributed by atoms with Gasteiger partial charge in [-0.2, -0.15) is 0 Å². The first-order valence-corrected chi connectivity index (χ1v) is 6.49. The number of rotatable bonds is 4. The molecule has 0 aliphatic heterocycles. The van der Waals surface area contributed by atoms with Crippen LogP contribution < -0.4 is 0 Å². The van der Waals surface area contributed by atoms with Crippen LogP contribution in [0.25, 0.3) is 0 Å². The summed E-state index contributed by atoms with van der Waals surface area (Å²) in [5.41, 5.74) is -0.678. The molecule has 0 aromatic carbocycles. The first-order valence-electron chi connectivity index (χ1n) is 4.50. The molecule has 0 amide bonds. The lowest BCUT2D eigenvalue weighted by molar-refractivity contribution is -0.147. The molecule has 0 bridgehead atoms. The van der Waals surface area contributed by atoms with Gasteiger partial charge < -0.3 is 5.11 Å². The van der Waals surface area contributed by atoms with Crippen molar-refractivity contribution in [3.05, 3.63) is 19.8 Å². The lowest BCUT2D eigenvalue weighted by atomic mass is 9.88. The second-order valence-electron chi connectivity index (χ2n) is 4.02. The normalized spacial score (nSPS) is 11.7. The highest BCUT2D eigenvalue weighted by atomic mass is 79.9. The van der Waals surface area contributed by atoms with E-state index in [1.54, 1.807) is 13.8 Å². The van der Waals surface area contributed by atoms with Crippen LogP contribution >= 0.6 is 38.9 Å². The Hall–Kier alpha value is -0.0600. The Morgan fingerprint density at radius 1 is 1.67 bits per heavy atom.